The number of hydrogen-bond donors (Lipinski definition) is 0. The van der Waals surface area contributed by atoms with E-state index in [0.29, 0.717) is 5.57 Å². The summed E-state index contributed by atoms with van der Waals surface area (Å²) in [5.41, 5.74) is -0.00759. The maximum Gasteiger partial charge on any atom is 0.364 e. The van der Waals surface area contributed by atoms with Crippen LogP contribution in [-0.2, 0) is 19.2 Å². The number of methoxy groups -OCH3 is 1. The van der Waals surface area contributed by atoms with Gasteiger partial charge in [-0.15, -0.1) is 0 Å². The number of rotatable bonds is 5. The summed E-state index contributed by atoms with van der Waals surface area (Å²) in [6.45, 7) is 1.58. The van der Waals surface area contributed by atoms with Gasteiger partial charge in [-0.2, -0.15) is 0 Å². The van der Waals surface area contributed by atoms with Crippen LogP contribution in [0.1, 0.15) is 6.92 Å². The highest BCUT2D eigenvalue weighted by Crippen LogP contribution is 2.00. The van der Waals surface area contributed by atoms with E-state index in [1.807, 2.05) is 0 Å². The van der Waals surface area contributed by atoms with E-state index in [0.717, 1.165) is 0 Å². The highest BCUT2D eigenvalue weighted by atomic mass is 16.6. The summed E-state index contributed by atoms with van der Waals surface area (Å²) in [6, 6.07) is 0. The molecule has 90 valence electrons. The van der Waals surface area contributed by atoms with Crippen molar-refractivity contribution < 1.29 is 19.2 Å². The van der Waals surface area contributed by atoms with Gasteiger partial charge in [-0.1, -0.05) is 5.16 Å². The lowest BCUT2D eigenvalue weighted by atomic mass is 10.1. The fourth-order valence-corrected chi connectivity index (χ4v) is 0.992. The van der Waals surface area contributed by atoms with E-state index in [2.05, 4.69) is 14.7 Å². The van der Waals surface area contributed by atoms with Crippen molar-refractivity contribution in [3.63, 3.8) is 0 Å². The summed E-state index contributed by atoms with van der Waals surface area (Å²) in [6.07, 6.45) is 1.58. The van der Waals surface area contributed by atoms with Gasteiger partial charge >= 0.3 is 5.97 Å². The Kier molecular flexibility index (Phi) is 5.84. The van der Waals surface area contributed by atoms with Crippen molar-refractivity contribution in [3.8, 4) is 0 Å². The molecule has 0 fully saturated rings. The van der Waals surface area contributed by atoms with Crippen molar-refractivity contribution in [2.75, 3.05) is 28.3 Å². The van der Waals surface area contributed by atoms with Crippen LogP contribution in [0.4, 0.5) is 0 Å². The molecule has 0 radical (unpaired) electrons. The quantitative estimate of drug-likeness (QED) is 0.221. The Balaban J connectivity index is 5.05. The molecule has 0 aromatic heterocycles. The standard InChI is InChI=1S/C10H16N2O4/c1-7(6-12(2)3)9(13)8(11-16-5)10(14)15-4/h6H,1-5H3. The average Bonchev–Trinajstić information content (AvgIpc) is 2.23. The van der Waals surface area contributed by atoms with E-state index in [4.69, 9.17) is 0 Å². The Labute approximate surface area is 94.5 Å². The topological polar surface area (TPSA) is 68.2 Å². The maximum atomic E-state index is 11.8. The monoisotopic (exact) mass is 228 g/mol. The zero-order chi connectivity index (χ0) is 12.7. The lowest BCUT2D eigenvalue weighted by Crippen LogP contribution is -2.27. The SMILES string of the molecule is CON=C(C(=O)OC)C(=O)C(C)=CN(C)C. The van der Waals surface area contributed by atoms with E-state index in [1.165, 1.54) is 14.2 Å². The zero-order valence-corrected chi connectivity index (χ0v) is 10.1. The minimum atomic E-state index is -0.821. The van der Waals surface area contributed by atoms with Crippen molar-refractivity contribution in [1.29, 1.82) is 0 Å². The Morgan fingerprint density at radius 3 is 2.19 bits per heavy atom. The average molecular weight is 228 g/mol. The normalized spacial score (nSPS) is 12.1. The maximum absolute atomic E-state index is 11.8. The van der Waals surface area contributed by atoms with Crippen LogP contribution in [0.25, 0.3) is 0 Å². The van der Waals surface area contributed by atoms with E-state index < -0.39 is 11.8 Å². The van der Waals surface area contributed by atoms with Gasteiger partial charge in [-0.3, -0.25) is 4.79 Å². The fourth-order valence-electron chi connectivity index (χ4n) is 0.992. The fraction of sp³-hybridized carbons (Fsp3) is 0.500. The van der Waals surface area contributed by atoms with Gasteiger partial charge in [0.2, 0.25) is 11.5 Å². The molecule has 6 nitrogen and oxygen atoms in total. The second-order valence-corrected chi connectivity index (χ2v) is 3.22. The largest absolute Gasteiger partial charge is 0.464 e. The van der Waals surface area contributed by atoms with Gasteiger partial charge in [-0.05, 0) is 6.92 Å². The third-order valence-electron chi connectivity index (χ3n) is 1.59. The van der Waals surface area contributed by atoms with Crippen LogP contribution in [0.3, 0.4) is 0 Å². The van der Waals surface area contributed by atoms with Gasteiger partial charge in [0, 0.05) is 25.9 Å². The van der Waals surface area contributed by atoms with Gasteiger partial charge in [0.05, 0.1) is 7.11 Å². The number of hydrogen-bond acceptors (Lipinski definition) is 6. The summed E-state index contributed by atoms with van der Waals surface area (Å²) < 4.78 is 4.43. The minimum Gasteiger partial charge on any atom is -0.464 e. The third-order valence-corrected chi connectivity index (χ3v) is 1.59. The molecule has 0 aliphatic heterocycles. The van der Waals surface area contributed by atoms with Crippen molar-refractivity contribution >= 4 is 17.5 Å². The molecule has 0 saturated heterocycles. The van der Waals surface area contributed by atoms with Crippen molar-refractivity contribution in [1.82, 2.24) is 4.90 Å². The zero-order valence-electron chi connectivity index (χ0n) is 10.1. The Morgan fingerprint density at radius 1 is 1.25 bits per heavy atom. The number of esters is 1. The molecule has 0 saturated carbocycles. The molecule has 0 heterocycles. The second-order valence-electron chi connectivity index (χ2n) is 3.22. The van der Waals surface area contributed by atoms with Crippen LogP contribution < -0.4 is 0 Å². The highest BCUT2D eigenvalue weighted by Gasteiger charge is 2.23. The summed E-state index contributed by atoms with van der Waals surface area (Å²) in [7, 11) is 5.96. The molecule has 0 bridgehead atoms. The summed E-state index contributed by atoms with van der Waals surface area (Å²) in [5.74, 6) is -1.35. The van der Waals surface area contributed by atoms with E-state index >= 15 is 0 Å². The molecule has 0 atom stereocenters. The Morgan fingerprint density at radius 2 is 1.81 bits per heavy atom. The molecule has 0 aromatic carbocycles. The van der Waals surface area contributed by atoms with Gasteiger partial charge in [-0.25, -0.2) is 4.79 Å². The van der Waals surface area contributed by atoms with Gasteiger partial charge in [0.15, 0.2) is 0 Å². The third kappa shape index (κ3) is 4.12. The van der Waals surface area contributed by atoms with Crippen LogP contribution in [-0.4, -0.2) is 50.7 Å². The van der Waals surface area contributed by atoms with Crippen LogP contribution in [0.5, 0.6) is 0 Å². The number of ketones is 1. The first kappa shape index (κ1) is 14.2. The predicted octanol–water partition coefficient (Wildman–Crippen LogP) is 0.196. The number of allylic oxidation sites excluding steroid dienone is 1. The first-order valence-corrected chi connectivity index (χ1v) is 4.53. The van der Waals surface area contributed by atoms with Crippen LogP contribution in [0, 0.1) is 0 Å². The van der Waals surface area contributed by atoms with E-state index in [9.17, 15) is 9.59 Å². The molecule has 0 spiro atoms. The van der Waals surface area contributed by atoms with Crippen molar-refractivity contribution in [3.05, 3.63) is 11.8 Å². The molecule has 0 aliphatic rings. The molecule has 0 unspecified atom stereocenters. The van der Waals surface area contributed by atoms with Crippen LogP contribution in [0.15, 0.2) is 16.9 Å². The van der Waals surface area contributed by atoms with E-state index in [1.54, 1.807) is 32.1 Å². The first-order valence-electron chi connectivity index (χ1n) is 4.53. The predicted molar refractivity (Wildman–Crippen MR) is 58.9 cm³/mol. The van der Waals surface area contributed by atoms with Gasteiger partial charge < -0.3 is 14.5 Å². The van der Waals surface area contributed by atoms with Gasteiger partial charge in [0.25, 0.3) is 0 Å². The number of oxime groups is 1. The number of Topliss-reactive ketones (excluding diaryl/α,β-unsaturated/α-hetero) is 1. The first-order chi connectivity index (χ1) is 7.43. The Hall–Kier alpha value is -1.85. The molecular weight excluding hydrogens is 212 g/mol. The molecule has 6 heteroatoms. The van der Waals surface area contributed by atoms with Crippen LogP contribution >= 0.6 is 0 Å². The van der Waals surface area contributed by atoms with E-state index in [-0.39, 0.29) is 5.71 Å². The number of carbonyl (C=O) groups excluding carboxylic acids is 2. The highest BCUT2D eigenvalue weighted by molar-refractivity contribution is 6.67. The van der Waals surface area contributed by atoms with Crippen LogP contribution in [0.2, 0.25) is 0 Å². The molecule has 0 amide bonds. The molecular formula is C10H16N2O4. The van der Waals surface area contributed by atoms with Crippen molar-refractivity contribution in [2.24, 2.45) is 5.16 Å². The minimum absolute atomic E-state index is 0.367. The van der Waals surface area contributed by atoms with Gasteiger partial charge in [0.1, 0.15) is 7.11 Å². The lowest BCUT2D eigenvalue weighted by molar-refractivity contribution is -0.133. The lowest BCUT2D eigenvalue weighted by Gasteiger charge is -2.07. The number of nitrogens with zero attached hydrogens (tertiary/aromatic N) is 2. The summed E-state index contributed by atoms with van der Waals surface area (Å²) >= 11 is 0. The smallest absolute Gasteiger partial charge is 0.364 e. The molecule has 16 heavy (non-hydrogen) atoms. The van der Waals surface area contributed by atoms with Crippen molar-refractivity contribution in [2.45, 2.75) is 6.92 Å². The molecule has 0 N–H and O–H groups in total. The second kappa shape index (κ2) is 6.60. The number of ether oxygens (including phenoxy) is 1. The Bertz CT molecular complexity index is 332. The molecule has 0 aliphatic carbocycles. The summed E-state index contributed by atoms with van der Waals surface area (Å²) in [5, 5.41) is 3.36. The summed E-state index contributed by atoms with van der Waals surface area (Å²) in [4.78, 5) is 29.1. The molecule has 0 rings (SSSR count). The molecule has 0 aromatic rings. The number of carbonyl (C=O) groups is 2.